The molecule has 0 spiro atoms. The number of hydrogen-bond acceptors (Lipinski definition) is 3. The van der Waals surface area contributed by atoms with E-state index in [1.165, 1.54) is 11.1 Å². The zero-order valence-electron chi connectivity index (χ0n) is 26.0. The van der Waals surface area contributed by atoms with E-state index in [2.05, 4.69) is 118 Å². The first kappa shape index (κ1) is 30.5. The van der Waals surface area contributed by atoms with Crippen molar-refractivity contribution in [2.45, 2.75) is 46.5 Å². The third-order valence-electron chi connectivity index (χ3n) is 7.99. The van der Waals surface area contributed by atoms with Gasteiger partial charge >= 0.3 is 20.4 Å². The largest absolute Gasteiger partial charge is 2.00 e. The minimum absolute atomic E-state index is 0. The maximum Gasteiger partial charge on any atom is 2.00 e. The Morgan fingerprint density at radius 3 is 2.24 bits per heavy atom. The number of fused-ring (bicyclic) bond motifs is 3. The fourth-order valence-electron chi connectivity index (χ4n) is 6.02. The van der Waals surface area contributed by atoms with Crippen LogP contribution in [0.4, 0.5) is 0 Å². The van der Waals surface area contributed by atoms with Crippen LogP contribution in [0, 0.1) is 19.1 Å². The van der Waals surface area contributed by atoms with Gasteiger partial charge in [0.05, 0.1) is 11.4 Å². The zero-order chi connectivity index (χ0) is 30.4. The molecule has 0 bridgehead atoms. The van der Waals surface area contributed by atoms with E-state index in [9.17, 15) is 0 Å². The summed E-state index contributed by atoms with van der Waals surface area (Å²) in [5.74, 6) is 2.58. The van der Waals surface area contributed by atoms with Crippen LogP contribution >= 0.6 is 0 Å². The van der Waals surface area contributed by atoms with Crippen LogP contribution in [0.2, 0.25) is 0 Å². The van der Waals surface area contributed by atoms with E-state index in [-0.39, 0.29) is 32.3 Å². The minimum atomic E-state index is 0. The fraction of sp³-hybridized carbons (Fsp3) is 0.179. The number of hydrogen-bond donors (Lipinski definition) is 0. The van der Waals surface area contributed by atoms with Crippen LogP contribution < -0.4 is 4.74 Å². The third-order valence-corrected chi connectivity index (χ3v) is 7.99. The molecule has 5 nitrogen and oxygen atoms in total. The topological polar surface area (TPSA) is 44.9 Å². The van der Waals surface area contributed by atoms with Crippen molar-refractivity contribution in [3.05, 3.63) is 132 Å². The molecule has 4 aromatic carbocycles. The standard InChI is InChI=1S/C39H34N4O.Pd/c1-25(2)38-37(28-12-7-6-8-13-28)39(26(3)4)43(41-38)29-14-11-15-30(23-29)44-31-18-19-33-32-16-9-10-17-34(32)42(35(33)24-31)36-22-27(5)20-21-40-36;/h6-22,25-26H,1-5H3;/q-2;+2. The summed E-state index contributed by atoms with van der Waals surface area (Å²) >= 11 is 0. The summed E-state index contributed by atoms with van der Waals surface area (Å²) in [6.45, 7) is 10.9. The molecule has 6 heteroatoms. The zero-order valence-corrected chi connectivity index (χ0v) is 27.5. The molecule has 0 N–H and O–H groups in total. The van der Waals surface area contributed by atoms with Gasteiger partial charge < -0.3 is 9.30 Å². The first-order valence-electron chi connectivity index (χ1n) is 15.2. The molecule has 0 fully saturated rings. The summed E-state index contributed by atoms with van der Waals surface area (Å²) in [5.41, 5.74) is 8.61. The SMILES string of the molecule is Cc1ccnc(-n2c3[c-]c(Oc4[c-]c(-n5nc(C(C)C)c(-c6ccccc6)c5C(C)C)ccc4)ccc3c3ccccc32)c1.[Pd+2]. The normalized spacial score (nSPS) is 11.4. The Kier molecular flexibility index (Phi) is 8.47. The van der Waals surface area contributed by atoms with Gasteiger partial charge in [-0.3, -0.25) is 4.68 Å². The molecule has 0 aliphatic heterocycles. The molecule has 7 rings (SSSR count). The van der Waals surface area contributed by atoms with Gasteiger partial charge in [0.1, 0.15) is 5.82 Å². The molecule has 226 valence electrons. The maximum absolute atomic E-state index is 6.44. The Labute approximate surface area is 278 Å². The Balaban J connectivity index is 0.00000357. The number of ether oxygens (including phenoxy) is 1. The quantitative estimate of drug-likeness (QED) is 0.124. The summed E-state index contributed by atoms with van der Waals surface area (Å²) in [6.07, 6.45) is 1.85. The molecule has 0 amide bonds. The van der Waals surface area contributed by atoms with Crippen molar-refractivity contribution >= 4 is 21.8 Å². The van der Waals surface area contributed by atoms with Crippen LogP contribution in [0.1, 0.15) is 56.5 Å². The molecule has 0 saturated heterocycles. The van der Waals surface area contributed by atoms with Crippen molar-refractivity contribution in [3.63, 3.8) is 0 Å². The molecule has 0 aliphatic carbocycles. The molecule has 0 atom stereocenters. The number of pyridine rings is 1. The molecule has 0 radical (unpaired) electrons. The van der Waals surface area contributed by atoms with Gasteiger partial charge in [-0.1, -0.05) is 81.7 Å². The van der Waals surface area contributed by atoms with Crippen molar-refractivity contribution in [1.29, 1.82) is 0 Å². The predicted molar refractivity (Wildman–Crippen MR) is 178 cm³/mol. The second kappa shape index (κ2) is 12.5. The average molecular weight is 681 g/mol. The monoisotopic (exact) mass is 680 g/mol. The molecule has 7 aromatic rings. The molecular weight excluding hydrogens is 647 g/mol. The Hall–Kier alpha value is -4.50. The maximum atomic E-state index is 6.44. The van der Waals surface area contributed by atoms with Crippen molar-refractivity contribution in [3.8, 4) is 34.1 Å². The molecule has 3 aromatic heterocycles. The smallest absolute Gasteiger partial charge is 0.509 e. The van der Waals surface area contributed by atoms with Crippen LogP contribution in [-0.4, -0.2) is 19.3 Å². The van der Waals surface area contributed by atoms with Crippen LogP contribution in [-0.2, 0) is 20.4 Å². The van der Waals surface area contributed by atoms with E-state index in [0.29, 0.717) is 11.5 Å². The summed E-state index contributed by atoms with van der Waals surface area (Å²) < 4.78 is 10.6. The first-order chi connectivity index (χ1) is 21.4. The molecule has 0 unspecified atom stereocenters. The van der Waals surface area contributed by atoms with Crippen LogP contribution in [0.15, 0.2) is 103 Å². The van der Waals surface area contributed by atoms with Crippen LogP contribution in [0.3, 0.4) is 0 Å². The first-order valence-corrected chi connectivity index (χ1v) is 15.2. The second-order valence-electron chi connectivity index (χ2n) is 11.9. The van der Waals surface area contributed by atoms with Gasteiger partial charge in [0.25, 0.3) is 0 Å². The van der Waals surface area contributed by atoms with Crippen molar-refractivity contribution in [1.82, 2.24) is 19.3 Å². The summed E-state index contributed by atoms with van der Waals surface area (Å²) in [7, 11) is 0. The van der Waals surface area contributed by atoms with Crippen LogP contribution in [0.5, 0.6) is 11.5 Å². The Morgan fingerprint density at radius 2 is 1.49 bits per heavy atom. The number of aryl methyl sites for hydroxylation is 1. The van der Waals surface area contributed by atoms with E-state index >= 15 is 0 Å². The van der Waals surface area contributed by atoms with Crippen molar-refractivity contribution in [2.75, 3.05) is 0 Å². The van der Waals surface area contributed by atoms with E-state index in [0.717, 1.165) is 50.3 Å². The minimum Gasteiger partial charge on any atom is -0.509 e. The molecular formula is C39H34N4OPd. The van der Waals surface area contributed by atoms with Gasteiger partial charge in [-0.2, -0.15) is 17.2 Å². The third kappa shape index (κ3) is 5.61. The van der Waals surface area contributed by atoms with Crippen LogP contribution in [0.25, 0.3) is 44.4 Å². The average Bonchev–Trinajstić information content (AvgIpc) is 3.59. The Morgan fingerprint density at radius 1 is 0.733 bits per heavy atom. The van der Waals surface area contributed by atoms with E-state index in [1.54, 1.807) is 0 Å². The van der Waals surface area contributed by atoms with Gasteiger partial charge in [0, 0.05) is 28.8 Å². The number of rotatable bonds is 7. The molecule has 0 aliphatic rings. The van der Waals surface area contributed by atoms with E-state index in [1.807, 2.05) is 41.2 Å². The molecule has 45 heavy (non-hydrogen) atoms. The van der Waals surface area contributed by atoms with E-state index < -0.39 is 0 Å². The fourth-order valence-corrected chi connectivity index (χ4v) is 6.02. The van der Waals surface area contributed by atoms with Gasteiger partial charge in [0.15, 0.2) is 0 Å². The summed E-state index contributed by atoms with van der Waals surface area (Å²) in [6, 6.07) is 40.1. The van der Waals surface area contributed by atoms with E-state index in [4.69, 9.17) is 14.8 Å². The molecule has 0 saturated carbocycles. The number of benzene rings is 4. The number of aromatic nitrogens is 4. The van der Waals surface area contributed by atoms with Crippen molar-refractivity contribution in [2.24, 2.45) is 0 Å². The van der Waals surface area contributed by atoms with Gasteiger partial charge in [-0.05, 0) is 59.2 Å². The number of para-hydroxylation sites is 1. The second-order valence-corrected chi connectivity index (χ2v) is 11.9. The molecule has 3 heterocycles. The van der Waals surface area contributed by atoms with Gasteiger partial charge in [0.2, 0.25) is 0 Å². The Bertz CT molecular complexity index is 2120. The van der Waals surface area contributed by atoms with Gasteiger partial charge in [-0.25, -0.2) is 4.98 Å². The predicted octanol–water partition coefficient (Wildman–Crippen LogP) is 9.98. The number of nitrogens with zero attached hydrogens (tertiary/aromatic N) is 4. The van der Waals surface area contributed by atoms with Gasteiger partial charge in [-0.15, -0.1) is 35.7 Å². The summed E-state index contributed by atoms with van der Waals surface area (Å²) in [5, 5.41) is 7.40. The van der Waals surface area contributed by atoms with Crippen molar-refractivity contribution < 1.29 is 25.2 Å². The summed E-state index contributed by atoms with van der Waals surface area (Å²) in [4.78, 5) is 4.69.